The molecule has 174 valence electrons. The van der Waals surface area contributed by atoms with Crippen LogP contribution in [0.4, 0.5) is 4.79 Å². The summed E-state index contributed by atoms with van der Waals surface area (Å²) in [5.74, 6) is -1.35. The standard InChI is InChI=1S/C24H32NO6P/c1-5-30-22(26)21(16-32(28,29)17-25-23(27)31-24(2,3)4)15-18-11-13-20(14-12-18)19-9-7-6-8-10-19/h6-14,21H,5,15-17H2,1-4H3,(H,25,27)(H,28,29)/t21-/m0/s1. The van der Waals surface area contributed by atoms with Crippen LogP contribution in [-0.4, -0.2) is 41.6 Å². The van der Waals surface area contributed by atoms with Crippen molar-refractivity contribution in [2.75, 3.05) is 19.1 Å². The fraction of sp³-hybridized carbons (Fsp3) is 0.417. The molecule has 0 aliphatic carbocycles. The average Bonchev–Trinajstić information content (AvgIpc) is 2.72. The highest BCUT2D eigenvalue weighted by Crippen LogP contribution is 2.42. The van der Waals surface area contributed by atoms with E-state index in [0.29, 0.717) is 0 Å². The predicted octanol–water partition coefficient (Wildman–Crippen LogP) is 4.83. The molecule has 0 radical (unpaired) electrons. The number of hydrogen-bond donors (Lipinski definition) is 2. The highest BCUT2D eigenvalue weighted by molar-refractivity contribution is 7.58. The summed E-state index contributed by atoms with van der Waals surface area (Å²) in [4.78, 5) is 34.7. The van der Waals surface area contributed by atoms with Gasteiger partial charge < -0.3 is 19.7 Å². The fourth-order valence-electron chi connectivity index (χ4n) is 3.14. The monoisotopic (exact) mass is 461 g/mol. The quantitative estimate of drug-likeness (QED) is 0.410. The molecule has 0 bridgehead atoms. The van der Waals surface area contributed by atoms with Crippen LogP contribution in [0.15, 0.2) is 54.6 Å². The van der Waals surface area contributed by atoms with Crippen molar-refractivity contribution in [3.63, 3.8) is 0 Å². The second-order valence-electron chi connectivity index (χ2n) is 8.58. The molecule has 2 aromatic carbocycles. The number of nitrogens with one attached hydrogen (secondary N) is 1. The van der Waals surface area contributed by atoms with Gasteiger partial charge in [-0.1, -0.05) is 54.6 Å². The van der Waals surface area contributed by atoms with Crippen LogP contribution in [0, 0.1) is 5.92 Å². The van der Waals surface area contributed by atoms with Crippen molar-refractivity contribution in [3.05, 3.63) is 60.2 Å². The third-order valence-corrected chi connectivity index (χ3v) is 6.20. The lowest BCUT2D eigenvalue weighted by Crippen LogP contribution is -2.34. The Morgan fingerprint density at radius 3 is 2.19 bits per heavy atom. The topological polar surface area (TPSA) is 102 Å². The number of alkyl carbamates (subject to hydrolysis) is 1. The smallest absolute Gasteiger partial charge is 0.408 e. The number of carbonyl (C=O) groups is 2. The van der Waals surface area contributed by atoms with Crippen molar-refractivity contribution in [1.29, 1.82) is 0 Å². The fourth-order valence-corrected chi connectivity index (χ4v) is 4.61. The number of rotatable bonds is 9. The van der Waals surface area contributed by atoms with Crippen molar-refractivity contribution in [1.82, 2.24) is 5.32 Å². The van der Waals surface area contributed by atoms with E-state index in [2.05, 4.69) is 5.32 Å². The van der Waals surface area contributed by atoms with E-state index in [1.54, 1.807) is 27.7 Å². The minimum absolute atomic E-state index is 0.175. The van der Waals surface area contributed by atoms with Gasteiger partial charge in [0.1, 0.15) is 5.60 Å². The largest absolute Gasteiger partial charge is 0.466 e. The first-order valence-corrected chi connectivity index (χ1v) is 12.6. The second-order valence-corrected chi connectivity index (χ2v) is 11.0. The zero-order chi connectivity index (χ0) is 23.8. The molecule has 0 aromatic heterocycles. The van der Waals surface area contributed by atoms with Gasteiger partial charge in [0.15, 0.2) is 0 Å². The zero-order valence-electron chi connectivity index (χ0n) is 19.0. The second kappa shape index (κ2) is 11.3. The van der Waals surface area contributed by atoms with Crippen molar-refractivity contribution in [3.8, 4) is 11.1 Å². The summed E-state index contributed by atoms with van der Waals surface area (Å²) in [6, 6.07) is 17.6. The molecule has 2 N–H and O–H groups in total. The molecule has 0 aliphatic rings. The lowest BCUT2D eigenvalue weighted by molar-refractivity contribution is -0.147. The van der Waals surface area contributed by atoms with Gasteiger partial charge in [-0.15, -0.1) is 0 Å². The summed E-state index contributed by atoms with van der Waals surface area (Å²) >= 11 is 0. The molecule has 0 heterocycles. The molecule has 2 rings (SSSR count). The molecule has 32 heavy (non-hydrogen) atoms. The maximum absolute atomic E-state index is 12.7. The van der Waals surface area contributed by atoms with Crippen LogP contribution in [0.1, 0.15) is 33.3 Å². The summed E-state index contributed by atoms with van der Waals surface area (Å²) in [7, 11) is -3.85. The van der Waals surface area contributed by atoms with E-state index in [0.717, 1.165) is 16.7 Å². The minimum Gasteiger partial charge on any atom is -0.466 e. The van der Waals surface area contributed by atoms with Crippen LogP contribution in [0.2, 0.25) is 0 Å². The van der Waals surface area contributed by atoms with Crippen LogP contribution < -0.4 is 5.32 Å². The molecule has 1 amide bonds. The van der Waals surface area contributed by atoms with Crippen molar-refractivity contribution in [2.24, 2.45) is 5.92 Å². The van der Waals surface area contributed by atoms with Gasteiger partial charge in [-0.2, -0.15) is 0 Å². The van der Waals surface area contributed by atoms with E-state index in [-0.39, 0.29) is 19.2 Å². The molecule has 8 heteroatoms. The van der Waals surface area contributed by atoms with Crippen LogP contribution in [0.3, 0.4) is 0 Å². The average molecular weight is 461 g/mol. The Balaban J connectivity index is 2.06. The van der Waals surface area contributed by atoms with Crippen LogP contribution in [0.25, 0.3) is 11.1 Å². The van der Waals surface area contributed by atoms with Gasteiger partial charge in [-0.05, 0) is 50.8 Å². The van der Waals surface area contributed by atoms with Crippen LogP contribution in [-0.2, 0) is 25.3 Å². The Kier molecular flexibility index (Phi) is 9.05. The summed E-state index contributed by atoms with van der Waals surface area (Å²) in [6.07, 6.45) is -1.31. The predicted molar refractivity (Wildman–Crippen MR) is 125 cm³/mol. The number of esters is 1. The normalized spacial score (nSPS) is 14.2. The maximum Gasteiger partial charge on any atom is 0.408 e. The number of benzene rings is 2. The molecule has 2 atom stereocenters. The number of ether oxygens (including phenoxy) is 2. The molecule has 0 fully saturated rings. The Morgan fingerprint density at radius 2 is 1.62 bits per heavy atom. The molecular weight excluding hydrogens is 429 g/mol. The number of carbonyl (C=O) groups excluding carboxylic acids is 2. The van der Waals surface area contributed by atoms with E-state index in [1.165, 1.54) is 0 Å². The van der Waals surface area contributed by atoms with Crippen molar-refractivity contribution < 1.29 is 28.5 Å². The minimum atomic E-state index is -3.85. The van der Waals surface area contributed by atoms with E-state index >= 15 is 0 Å². The SMILES string of the molecule is CCOC(=O)[C@@H](Cc1ccc(-c2ccccc2)cc1)CP(=O)(O)CNC(=O)OC(C)(C)C. The third-order valence-electron chi connectivity index (χ3n) is 4.54. The lowest BCUT2D eigenvalue weighted by atomic mass is 9.98. The Labute approximate surface area is 189 Å². The third kappa shape index (κ3) is 8.85. The zero-order valence-corrected chi connectivity index (χ0v) is 19.9. The van der Waals surface area contributed by atoms with E-state index in [9.17, 15) is 19.0 Å². The summed E-state index contributed by atoms with van der Waals surface area (Å²) < 4.78 is 22.9. The lowest BCUT2D eigenvalue weighted by Gasteiger charge is -2.22. The van der Waals surface area contributed by atoms with Gasteiger partial charge in [0, 0.05) is 6.16 Å². The van der Waals surface area contributed by atoms with E-state index < -0.39 is 37.2 Å². The number of amides is 1. The molecule has 2 aromatic rings. The summed E-state index contributed by atoms with van der Waals surface area (Å²) in [6.45, 7) is 6.96. The molecule has 7 nitrogen and oxygen atoms in total. The molecule has 1 unspecified atom stereocenters. The molecule has 0 aliphatic heterocycles. The first kappa shape index (κ1) is 25.6. The Bertz CT molecular complexity index is 937. The van der Waals surface area contributed by atoms with Crippen molar-refractivity contribution in [2.45, 2.75) is 39.7 Å². The van der Waals surface area contributed by atoms with Crippen molar-refractivity contribution >= 4 is 19.4 Å². The van der Waals surface area contributed by atoms with E-state index in [1.807, 2.05) is 54.6 Å². The first-order valence-electron chi connectivity index (χ1n) is 10.6. The first-order chi connectivity index (χ1) is 15.0. The van der Waals surface area contributed by atoms with Gasteiger partial charge in [-0.3, -0.25) is 9.36 Å². The molecular formula is C24H32NO6P. The molecule has 0 saturated carbocycles. The van der Waals surface area contributed by atoms with Gasteiger partial charge >= 0.3 is 12.1 Å². The number of hydrogen-bond acceptors (Lipinski definition) is 5. The molecule has 0 spiro atoms. The van der Waals surface area contributed by atoms with Gasteiger partial charge in [-0.25, -0.2) is 4.79 Å². The van der Waals surface area contributed by atoms with E-state index in [4.69, 9.17) is 9.47 Å². The highest BCUT2D eigenvalue weighted by Gasteiger charge is 2.31. The van der Waals surface area contributed by atoms with Gasteiger partial charge in [0.25, 0.3) is 0 Å². The highest BCUT2D eigenvalue weighted by atomic mass is 31.2. The summed E-state index contributed by atoms with van der Waals surface area (Å²) in [5, 5.41) is 2.32. The van der Waals surface area contributed by atoms with Gasteiger partial charge in [0.2, 0.25) is 7.37 Å². The van der Waals surface area contributed by atoms with Crippen LogP contribution in [0.5, 0.6) is 0 Å². The van der Waals surface area contributed by atoms with Gasteiger partial charge in [0.05, 0.1) is 18.8 Å². The van der Waals surface area contributed by atoms with Crippen LogP contribution >= 0.6 is 7.37 Å². The Hall–Kier alpha value is -2.63. The Morgan fingerprint density at radius 1 is 1.03 bits per heavy atom. The maximum atomic E-state index is 12.7. The molecule has 0 saturated heterocycles. The summed E-state index contributed by atoms with van der Waals surface area (Å²) in [5.41, 5.74) is 2.25.